The van der Waals surface area contributed by atoms with Crippen LogP contribution in [0.15, 0.2) is 53.4 Å². The van der Waals surface area contributed by atoms with Gasteiger partial charge >= 0.3 is 6.36 Å². The van der Waals surface area contributed by atoms with Crippen LogP contribution in [-0.4, -0.2) is 39.3 Å². The lowest BCUT2D eigenvalue weighted by atomic mass is 10.2. The number of hydrogen-bond donors (Lipinski definition) is 1. The number of ether oxygens (including phenoxy) is 1. The first-order chi connectivity index (χ1) is 12.5. The second-order valence-electron chi connectivity index (χ2n) is 5.12. The number of benzene rings is 2. The highest BCUT2D eigenvalue weighted by Gasteiger charge is 2.32. The van der Waals surface area contributed by atoms with Gasteiger partial charge in [-0.05, 0) is 36.4 Å². The highest BCUT2D eigenvalue weighted by atomic mass is 32.2. The second-order valence-corrected chi connectivity index (χ2v) is 7.06. The molecule has 0 atom stereocenters. The van der Waals surface area contributed by atoms with Crippen molar-refractivity contribution in [2.45, 2.75) is 11.3 Å². The van der Waals surface area contributed by atoms with Crippen molar-refractivity contribution in [3.05, 3.63) is 54.1 Å². The average Bonchev–Trinajstić information content (AvgIpc) is 2.61. The Morgan fingerprint density at radius 1 is 1.07 bits per heavy atom. The van der Waals surface area contributed by atoms with Gasteiger partial charge < -0.3 is 10.1 Å². The molecule has 27 heavy (non-hydrogen) atoms. The van der Waals surface area contributed by atoms with Crippen molar-refractivity contribution in [1.29, 1.82) is 0 Å². The zero-order valence-corrected chi connectivity index (χ0v) is 15.0. The predicted octanol–water partition coefficient (Wildman–Crippen LogP) is 3.02. The molecule has 2 aromatic rings. The molecule has 2 aromatic carbocycles. The topological polar surface area (TPSA) is 84.9 Å². The number of rotatable bonds is 6. The maximum absolute atomic E-state index is 12.4. The SMILES string of the molecule is CON(C)S(=O)(=O)c1ccc(C(=O)Nc2ccccc2OC(F)(F)F)cc1. The molecule has 1 amide bonds. The normalized spacial score (nSPS) is 12.1. The maximum atomic E-state index is 12.4. The Balaban J connectivity index is 2.21. The minimum absolute atomic E-state index is 0.0378. The lowest BCUT2D eigenvalue weighted by Crippen LogP contribution is -2.25. The van der Waals surface area contributed by atoms with Crippen LogP contribution in [0.1, 0.15) is 10.4 Å². The number of sulfonamides is 1. The van der Waals surface area contributed by atoms with Crippen molar-refractivity contribution in [2.24, 2.45) is 0 Å². The van der Waals surface area contributed by atoms with E-state index in [1.54, 1.807) is 0 Å². The van der Waals surface area contributed by atoms with Gasteiger partial charge in [0.05, 0.1) is 17.7 Å². The first kappa shape index (κ1) is 20.7. The molecule has 0 saturated carbocycles. The van der Waals surface area contributed by atoms with Crippen LogP contribution in [0.3, 0.4) is 0 Å². The predicted molar refractivity (Wildman–Crippen MR) is 89.5 cm³/mol. The van der Waals surface area contributed by atoms with Gasteiger partial charge in [-0.1, -0.05) is 16.6 Å². The molecule has 0 aliphatic rings. The second kappa shape index (κ2) is 7.94. The summed E-state index contributed by atoms with van der Waals surface area (Å²) in [5, 5.41) is 2.29. The third-order valence-electron chi connectivity index (χ3n) is 3.37. The summed E-state index contributed by atoms with van der Waals surface area (Å²) in [5.41, 5.74) is -0.147. The zero-order chi connectivity index (χ0) is 20.2. The van der Waals surface area contributed by atoms with Crippen molar-refractivity contribution in [3.63, 3.8) is 0 Å². The number of halogens is 3. The number of hydroxylamine groups is 1. The van der Waals surface area contributed by atoms with E-state index in [1.807, 2.05) is 0 Å². The summed E-state index contributed by atoms with van der Waals surface area (Å²) >= 11 is 0. The van der Waals surface area contributed by atoms with Gasteiger partial charge in [0.15, 0.2) is 5.75 Å². The van der Waals surface area contributed by atoms with Crippen LogP contribution in [0.4, 0.5) is 18.9 Å². The Hall–Kier alpha value is -2.63. The smallest absolute Gasteiger partial charge is 0.404 e. The van der Waals surface area contributed by atoms with Crippen molar-refractivity contribution in [2.75, 3.05) is 19.5 Å². The highest BCUT2D eigenvalue weighted by molar-refractivity contribution is 7.89. The van der Waals surface area contributed by atoms with Crippen LogP contribution in [0.2, 0.25) is 0 Å². The molecule has 0 unspecified atom stereocenters. The summed E-state index contributed by atoms with van der Waals surface area (Å²) < 4.78 is 66.0. The van der Waals surface area contributed by atoms with E-state index in [9.17, 15) is 26.4 Å². The number of nitrogens with one attached hydrogen (secondary N) is 1. The first-order valence-corrected chi connectivity index (χ1v) is 8.78. The summed E-state index contributed by atoms with van der Waals surface area (Å²) in [4.78, 5) is 16.8. The molecular weight excluding hydrogens is 389 g/mol. The molecule has 0 radical (unpaired) electrons. The van der Waals surface area contributed by atoms with Crippen LogP contribution in [0.5, 0.6) is 5.75 Å². The minimum atomic E-state index is -4.91. The number of anilines is 1. The van der Waals surface area contributed by atoms with E-state index in [0.29, 0.717) is 4.47 Å². The number of hydrogen-bond acceptors (Lipinski definition) is 5. The van der Waals surface area contributed by atoms with Crippen molar-refractivity contribution in [1.82, 2.24) is 4.47 Å². The Labute approximate surface area is 153 Å². The van der Waals surface area contributed by atoms with Gasteiger partial charge in [-0.15, -0.1) is 13.2 Å². The number of carbonyl (C=O) groups excluding carboxylic acids is 1. The molecule has 0 aromatic heterocycles. The van der Waals surface area contributed by atoms with E-state index >= 15 is 0 Å². The van der Waals surface area contributed by atoms with Gasteiger partial charge in [-0.25, -0.2) is 8.42 Å². The van der Waals surface area contributed by atoms with Gasteiger partial charge in [0.2, 0.25) is 0 Å². The quantitative estimate of drug-likeness (QED) is 0.749. The number of amides is 1. The molecule has 2 rings (SSSR count). The molecule has 0 aliphatic heterocycles. The summed E-state index contributed by atoms with van der Waals surface area (Å²) in [6, 6.07) is 9.84. The van der Waals surface area contributed by atoms with Crippen LogP contribution < -0.4 is 10.1 Å². The van der Waals surface area contributed by atoms with E-state index in [0.717, 1.165) is 6.07 Å². The van der Waals surface area contributed by atoms with E-state index < -0.39 is 28.0 Å². The van der Waals surface area contributed by atoms with E-state index in [-0.39, 0.29) is 16.1 Å². The lowest BCUT2D eigenvalue weighted by molar-refractivity contribution is -0.274. The van der Waals surface area contributed by atoms with E-state index in [2.05, 4.69) is 14.9 Å². The molecule has 0 saturated heterocycles. The fourth-order valence-electron chi connectivity index (χ4n) is 2.00. The van der Waals surface area contributed by atoms with Crippen LogP contribution in [0, 0.1) is 0 Å². The summed E-state index contributed by atoms with van der Waals surface area (Å²) in [6.07, 6.45) is -4.91. The number of nitrogens with zero attached hydrogens (tertiary/aromatic N) is 1. The summed E-state index contributed by atoms with van der Waals surface area (Å²) in [7, 11) is -1.50. The first-order valence-electron chi connectivity index (χ1n) is 7.34. The zero-order valence-electron chi connectivity index (χ0n) is 14.1. The average molecular weight is 404 g/mol. The third kappa shape index (κ3) is 5.18. The molecule has 0 bridgehead atoms. The Morgan fingerprint density at radius 2 is 1.67 bits per heavy atom. The number of alkyl halides is 3. The van der Waals surface area contributed by atoms with Gasteiger partial charge in [0.1, 0.15) is 0 Å². The standard InChI is InChI=1S/C16H15F3N2O5S/c1-21(25-2)27(23,24)12-9-7-11(8-10-12)15(22)20-13-5-3-4-6-14(13)26-16(17,18)19/h3-10H,1-2H3,(H,20,22). The van der Waals surface area contributed by atoms with Crippen LogP contribution in [0.25, 0.3) is 0 Å². The minimum Gasteiger partial charge on any atom is -0.404 e. The highest BCUT2D eigenvalue weighted by Crippen LogP contribution is 2.30. The van der Waals surface area contributed by atoms with Crippen molar-refractivity contribution < 1.29 is 36.0 Å². The molecule has 0 heterocycles. The molecule has 0 fully saturated rings. The number of carbonyl (C=O) groups is 1. The fraction of sp³-hybridized carbons (Fsp3) is 0.188. The third-order valence-corrected chi connectivity index (χ3v) is 5.06. The van der Waals surface area contributed by atoms with E-state index in [4.69, 9.17) is 0 Å². The Morgan fingerprint density at radius 3 is 2.22 bits per heavy atom. The monoisotopic (exact) mass is 404 g/mol. The Bertz CT molecular complexity index is 914. The van der Waals surface area contributed by atoms with E-state index in [1.165, 1.54) is 56.6 Å². The summed E-state index contributed by atoms with van der Waals surface area (Å²) in [6.45, 7) is 0. The number of para-hydroxylation sites is 2. The van der Waals surface area contributed by atoms with Gasteiger partial charge in [-0.2, -0.15) is 0 Å². The van der Waals surface area contributed by atoms with Gasteiger partial charge in [-0.3, -0.25) is 9.63 Å². The van der Waals surface area contributed by atoms with Crippen LogP contribution >= 0.6 is 0 Å². The molecule has 11 heteroatoms. The van der Waals surface area contributed by atoms with Crippen LogP contribution in [-0.2, 0) is 14.9 Å². The molecule has 1 N–H and O–H groups in total. The molecule has 0 aliphatic carbocycles. The molecule has 0 spiro atoms. The maximum Gasteiger partial charge on any atom is 0.573 e. The molecule has 146 valence electrons. The Kier molecular flexibility index (Phi) is 6.08. The lowest BCUT2D eigenvalue weighted by Gasteiger charge is -2.15. The van der Waals surface area contributed by atoms with Gasteiger partial charge in [0, 0.05) is 12.6 Å². The van der Waals surface area contributed by atoms with Gasteiger partial charge in [0.25, 0.3) is 15.9 Å². The largest absolute Gasteiger partial charge is 0.573 e. The fourth-order valence-corrected chi connectivity index (χ4v) is 2.98. The van der Waals surface area contributed by atoms with Crippen molar-refractivity contribution >= 4 is 21.6 Å². The van der Waals surface area contributed by atoms with Crippen molar-refractivity contribution in [3.8, 4) is 5.75 Å². The summed E-state index contributed by atoms with van der Waals surface area (Å²) in [5.74, 6) is -1.31. The molecular formula is C16H15F3N2O5S. The molecule has 7 nitrogen and oxygen atoms in total.